The molecule has 0 aliphatic rings. The third-order valence-corrected chi connectivity index (χ3v) is 7.80. The Kier molecular flexibility index (Phi) is 6.26. The van der Waals surface area contributed by atoms with Crippen molar-refractivity contribution in [3.63, 3.8) is 0 Å². The highest BCUT2D eigenvalue weighted by atomic mass is 28.3. The number of ether oxygens (including phenoxy) is 1. The summed E-state index contributed by atoms with van der Waals surface area (Å²) in [7, 11) is -2.00. The maximum atomic E-state index is 11.9. The van der Waals surface area contributed by atoms with Gasteiger partial charge in [0, 0.05) is 0 Å². The Balaban J connectivity index is 4.84. The second kappa shape index (κ2) is 6.40. The summed E-state index contributed by atoms with van der Waals surface area (Å²) in [6, 6.07) is 0.965. The number of aliphatic hydroxyl groups is 1. The highest BCUT2D eigenvalue weighted by Gasteiger charge is 2.50. The Morgan fingerprint density at radius 3 is 2.25 bits per heavy atom. The third kappa shape index (κ3) is 3.32. The van der Waals surface area contributed by atoms with Gasteiger partial charge in [-0.2, -0.15) is 0 Å². The fraction of sp³-hybridized carbons (Fsp3) is 0.917. The Morgan fingerprint density at radius 2 is 1.88 bits per heavy atom. The van der Waals surface area contributed by atoms with Gasteiger partial charge in [0.05, 0.1) is 14.7 Å². The van der Waals surface area contributed by atoms with Crippen LogP contribution in [-0.4, -0.2) is 31.0 Å². The van der Waals surface area contributed by atoms with Gasteiger partial charge in [0.25, 0.3) is 0 Å². The van der Waals surface area contributed by atoms with Crippen LogP contribution in [0.2, 0.25) is 19.1 Å². The van der Waals surface area contributed by atoms with Crippen LogP contribution in [0.5, 0.6) is 0 Å². The van der Waals surface area contributed by atoms with Crippen molar-refractivity contribution in [1.29, 1.82) is 0 Å². The Labute approximate surface area is 100 Å². The molecule has 0 heterocycles. The molecule has 4 heteroatoms. The molecule has 3 nitrogen and oxygen atoms in total. The number of hydrogen-bond acceptors (Lipinski definition) is 3. The Morgan fingerprint density at radius 1 is 1.31 bits per heavy atom. The molecule has 0 amide bonds. The second-order valence-electron chi connectivity index (χ2n) is 4.92. The molecule has 0 radical (unpaired) electrons. The van der Waals surface area contributed by atoms with E-state index in [0.717, 1.165) is 18.9 Å². The van der Waals surface area contributed by atoms with Crippen molar-refractivity contribution in [1.82, 2.24) is 0 Å². The van der Waals surface area contributed by atoms with E-state index in [2.05, 4.69) is 20.0 Å². The molecule has 0 fully saturated rings. The number of carbonyl (C=O) groups excluding carboxylic acids is 1. The molecule has 16 heavy (non-hydrogen) atoms. The predicted molar refractivity (Wildman–Crippen MR) is 69.1 cm³/mol. The molecule has 0 aliphatic carbocycles. The van der Waals surface area contributed by atoms with E-state index in [1.165, 1.54) is 0 Å². The van der Waals surface area contributed by atoms with E-state index in [0.29, 0.717) is 13.0 Å². The van der Waals surface area contributed by atoms with Gasteiger partial charge >= 0.3 is 5.97 Å². The highest BCUT2D eigenvalue weighted by Crippen LogP contribution is 2.30. The summed E-state index contributed by atoms with van der Waals surface area (Å²) in [4.78, 5) is 11.9. The fourth-order valence-electron chi connectivity index (χ4n) is 1.98. The van der Waals surface area contributed by atoms with E-state index in [1.54, 1.807) is 6.92 Å². The number of hydrogen-bond donors (Lipinski definition) is 1. The molecule has 0 aromatic rings. The van der Waals surface area contributed by atoms with Crippen LogP contribution in [0.3, 0.4) is 0 Å². The quantitative estimate of drug-likeness (QED) is 0.555. The van der Waals surface area contributed by atoms with Crippen molar-refractivity contribution >= 4 is 14.0 Å². The van der Waals surface area contributed by atoms with Gasteiger partial charge in [-0.25, -0.2) is 4.79 Å². The van der Waals surface area contributed by atoms with Gasteiger partial charge in [0.15, 0.2) is 0 Å². The van der Waals surface area contributed by atoms with Crippen molar-refractivity contribution in [2.24, 2.45) is 0 Å². The van der Waals surface area contributed by atoms with Crippen molar-refractivity contribution in [2.75, 3.05) is 6.61 Å². The molecule has 0 aromatic heterocycles. The van der Waals surface area contributed by atoms with Crippen LogP contribution in [0.1, 0.15) is 40.0 Å². The van der Waals surface area contributed by atoms with Crippen LogP contribution in [-0.2, 0) is 9.53 Å². The zero-order valence-electron chi connectivity index (χ0n) is 11.3. The van der Waals surface area contributed by atoms with Crippen molar-refractivity contribution < 1.29 is 14.6 Å². The molecule has 96 valence electrons. The van der Waals surface area contributed by atoms with Gasteiger partial charge in [-0.15, -0.1) is 0 Å². The minimum Gasteiger partial charge on any atom is -0.464 e. The summed E-state index contributed by atoms with van der Waals surface area (Å²) in [6.07, 6.45) is 2.62. The molecule has 0 bridgehead atoms. The van der Waals surface area contributed by atoms with Crippen LogP contribution < -0.4 is 0 Å². The Bertz CT molecular complexity index is 228. The molecular formula is C12H26O3Si. The molecule has 0 aliphatic heterocycles. The van der Waals surface area contributed by atoms with Gasteiger partial charge in [0.1, 0.15) is 5.22 Å². The maximum absolute atomic E-state index is 11.9. The lowest BCUT2D eigenvalue weighted by Crippen LogP contribution is -2.60. The van der Waals surface area contributed by atoms with Gasteiger partial charge in [-0.05, 0) is 13.3 Å². The zero-order valence-corrected chi connectivity index (χ0v) is 12.3. The molecule has 0 aromatic carbocycles. The van der Waals surface area contributed by atoms with Gasteiger partial charge < -0.3 is 9.84 Å². The number of esters is 1. The van der Waals surface area contributed by atoms with Crippen LogP contribution in [0.25, 0.3) is 0 Å². The molecule has 1 N–H and O–H groups in total. The highest BCUT2D eigenvalue weighted by molar-refractivity contribution is 6.83. The minimum atomic E-state index is -2.00. The van der Waals surface area contributed by atoms with E-state index in [1.807, 2.05) is 6.92 Å². The monoisotopic (exact) mass is 246 g/mol. The van der Waals surface area contributed by atoms with Crippen LogP contribution in [0.4, 0.5) is 0 Å². The summed E-state index contributed by atoms with van der Waals surface area (Å²) in [5.41, 5.74) is 0. The summed E-state index contributed by atoms with van der Waals surface area (Å²) in [6.45, 7) is 10.2. The molecule has 0 rings (SSSR count). The molecule has 1 unspecified atom stereocenters. The zero-order chi connectivity index (χ0) is 12.8. The average molecular weight is 246 g/mol. The minimum absolute atomic E-state index is 0.333. The van der Waals surface area contributed by atoms with Gasteiger partial charge in [-0.3, -0.25) is 0 Å². The first-order valence-electron chi connectivity index (χ1n) is 6.25. The number of rotatable bonds is 7. The Hall–Kier alpha value is -0.353. The van der Waals surface area contributed by atoms with E-state index < -0.39 is 19.3 Å². The van der Waals surface area contributed by atoms with E-state index in [9.17, 15) is 9.90 Å². The summed E-state index contributed by atoms with van der Waals surface area (Å²) >= 11 is 0. The topological polar surface area (TPSA) is 46.5 Å². The largest absolute Gasteiger partial charge is 0.464 e. The first kappa shape index (κ1) is 15.6. The molecule has 1 atom stereocenters. The maximum Gasteiger partial charge on any atom is 0.334 e. The predicted octanol–water partition coefficient (Wildman–Crippen LogP) is 2.74. The third-order valence-electron chi connectivity index (χ3n) is 3.40. The molecule has 0 saturated carbocycles. The lowest BCUT2D eigenvalue weighted by atomic mass is 10.3. The molecule has 0 spiro atoms. The van der Waals surface area contributed by atoms with Gasteiger partial charge in [-0.1, -0.05) is 45.8 Å². The SMILES string of the molecule is CCCC[Si](C)(C)C(O)(CC)C(=O)OCC. The fourth-order valence-corrected chi connectivity index (χ4v) is 5.21. The van der Waals surface area contributed by atoms with E-state index >= 15 is 0 Å². The molecular weight excluding hydrogens is 220 g/mol. The number of carbonyl (C=O) groups is 1. The second-order valence-corrected chi connectivity index (χ2v) is 10.0. The van der Waals surface area contributed by atoms with Gasteiger partial charge in [0.2, 0.25) is 0 Å². The lowest BCUT2D eigenvalue weighted by molar-refractivity contribution is -0.157. The van der Waals surface area contributed by atoms with Crippen LogP contribution >= 0.6 is 0 Å². The standard InChI is InChI=1S/C12H26O3Si/c1-6-9-10-16(4,5)12(14,7-2)11(13)15-8-3/h14H,6-10H2,1-5H3. The normalized spacial score (nSPS) is 15.6. The van der Waals surface area contributed by atoms with Crippen molar-refractivity contribution in [2.45, 2.75) is 64.4 Å². The average Bonchev–Trinajstić information content (AvgIpc) is 2.25. The molecule has 0 saturated heterocycles. The van der Waals surface area contributed by atoms with Crippen molar-refractivity contribution in [3.05, 3.63) is 0 Å². The van der Waals surface area contributed by atoms with E-state index in [4.69, 9.17) is 4.74 Å². The summed E-state index contributed by atoms with van der Waals surface area (Å²) < 4.78 is 5.01. The van der Waals surface area contributed by atoms with E-state index in [-0.39, 0.29) is 0 Å². The van der Waals surface area contributed by atoms with Crippen molar-refractivity contribution in [3.8, 4) is 0 Å². The van der Waals surface area contributed by atoms with Crippen LogP contribution in [0, 0.1) is 0 Å². The summed E-state index contributed by atoms with van der Waals surface area (Å²) in [5, 5.41) is 9.34. The lowest BCUT2D eigenvalue weighted by Gasteiger charge is -2.38. The number of unbranched alkanes of at least 4 members (excludes halogenated alkanes) is 1. The first-order chi connectivity index (χ1) is 7.35. The summed E-state index contributed by atoms with van der Waals surface area (Å²) in [5.74, 6) is -0.426. The smallest absolute Gasteiger partial charge is 0.334 e. The van der Waals surface area contributed by atoms with Crippen LogP contribution in [0.15, 0.2) is 0 Å². The first-order valence-corrected chi connectivity index (χ1v) is 9.46.